The van der Waals surface area contributed by atoms with Crippen LogP contribution in [0.1, 0.15) is 19.4 Å². The second kappa shape index (κ2) is 10.8. The van der Waals surface area contributed by atoms with E-state index >= 15 is 0 Å². The summed E-state index contributed by atoms with van der Waals surface area (Å²) in [6, 6.07) is 11.2. The number of carbonyl (C=O) groups is 1. The van der Waals surface area contributed by atoms with Crippen LogP contribution in [0.4, 0.5) is 5.13 Å². The van der Waals surface area contributed by atoms with Crippen LogP contribution in [0.15, 0.2) is 36.4 Å². The van der Waals surface area contributed by atoms with E-state index in [1.807, 2.05) is 31.2 Å². The fourth-order valence-corrected chi connectivity index (χ4v) is 4.56. The maximum atomic E-state index is 13.2. The summed E-state index contributed by atoms with van der Waals surface area (Å²) in [6.45, 7) is 9.19. The number of thiazole rings is 1. The highest BCUT2D eigenvalue weighted by Crippen LogP contribution is 2.38. The number of halogens is 1. The van der Waals surface area contributed by atoms with E-state index in [2.05, 4.69) is 18.7 Å². The highest BCUT2D eigenvalue weighted by Gasteiger charge is 2.23. The predicted octanol–water partition coefficient (Wildman–Crippen LogP) is 5.02. The van der Waals surface area contributed by atoms with Gasteiger partial charge in [-0.3, -0.25) is 9.69 Å². The molecule has 166 valence electrons. The Hall–Kier alpha value is -2.35. The number of rotatable bonds is 10. The number of hydrogen-bond donors (Lipinski definition) is 0. The highest BCUT2D eigenvalue weighted by molar-refractivity contribution is 7.23. The van der Waals surface area contributed by atoms with Crippen molar-refractivity contribution >= 4 is 44.2 Å². The standard InChI is InChI=1S/C23H28ClN3O3S/c1-5-26(6-2)13-14-27(20(28)15-30-18-10-8-7-9-16(18)3)23-25-21-19(29-4)12-11-17(24)22(21)31-23/h7-12H,5-6,13-15H2,1-4H3. The first kappa shape index (κ1) is 23.3. The van der Waals surface area contributed by atoms with E-state index in [-0.39, 0.29) is 12.5 Å². The van der Waals surface area contributed by atoms with Gasteiger partial charge < -0.3 is 14.4 Å². The molecule has 0 unspecified atom stereocenters. The number of ether oxygens (including phenoxy) is 2. The van der Waals surface area contributed by atoms with Gasteiger partial charge in [-0.05, 0) is 43.8 Å². The molecule has 0 bridgehead atoms. The van der Waals surface area contributed by atoms with E-state index in [0.29, 0.717) is 33.7 Å². The Kier molecular flexibility index (Phi) is 8.12. The molecule has 0 saturated carbocycles. The van der Waals surface area contributed by atoms with Crippen molar-refractivity contribution in [2.24, 2.45) is 0 Å². The number of carbonyl (C=O) groups excluding carboxylic acids is 1. The molecule has 0 aliphatic rings. The predicted molar refractivity (Wildman–Crippen MR) is 128 cm³/mol. The van der Waals surface area contributed by atoms with Gasteiger partial charge in [0.25, 0.3) is 5.91 Å². The second-order valence-corrected chi connectivity index (χ2v) is 8.43. The molecule has 0 saturated heterocycles. The lowest BCUT2D eigenvalue weighted by Gasteiger charge is -2.24. The number of aromatic nitrogens is 1. The van der Waals surface area contributed by atoms with Gasteiger partial charge in [0.05, 0.1) is 16.8 Å². The minimum absolute atomic E-state index is 0.0656. The van der Waals surface area contributed by atoms with Crippen LogP contribution in [0.5, 0.6) is 11.5 Å². The van der Waals surface area contributed by atoms with Crippen LogP contribution in [0.3, 0.4) is 0 Å². The minimum atomic E-state index is -0.149. The fraction of sp³-hybridized carbons (Fsp3) is 0.391. The van der Waals surface area contributed by atoms with Gasteiger partial charge in [-0.25, -0.2) is 4.98 Å². The zero-order valence-electron chi connectivity index (χ0n) is 18.4. The smallest absolute Gasteiger partial charge is 0.266 e. The molecule has 1 amide bonds. The summed E-state index contributed by atoms with van der Waals surface area (Å²) in [5.74, 6) is 1.19. The first-order valence-electron chi connectivity index (χ1n) is 10.3. The molecule has 1 heterocycles. The van der Waals surface area contributed by atoms with Crippen molar-refractivity contribution in [3.05, 3.63) is 47.0 Å². The number of amides is 1. The molecule has 0 N–H and O–H groups in total. The van der Waals surface area contributed by atoms with Crippen LogP contribution in [0.2, 0.25) is 5.02 Å². The summed E-state index contributed by atoms with van der Waals surface area (Å²) in [5, 5.41) is 1.18. The van der Waals surface area contributed by atoms with Crippen molar-refractivity contribution < 1.29 is 14.3 Å². The molecule has 0 aliphatic carbocycles. The zero-order chi connectivity index (χ0) is 22.4. The third-order valence-corrected chi connectivity index (χ3v) is 6.72. The molecule has 3 rings (SSSR count). The van der Waals surface area contributed by atoms with Crippen molar-refractivity contribution in [2.75, 3.05) is 44.8 Å². The van der Waals surface area contributed by atoms with Gasteiger partial charge in [-0.1, -0.05) is 55.0 Å². The molecule has 8 heteroatoms. The molecule has 1 aromatic heterocycles. The molecule has 0 radical (unpaired) electrons. The second-order valence-electron chi connectivity index (χ2n) is 7.05. The van der Waals surface area contributed by atoms with Gasteiger partial charge in [-0.2, -0.15) is 0 Å². The normalized spacial score (nSPS) is 11.2. The van der Waals surface area contributed by atoms with Crippen molar-refractivity contribution in [1.82, 2.24) is 9.88 Å². The number of hydrogen-bond acceptors (Lipinski definition) is 6. The molecule has 0 aliphatic heterocycles. The number of anilines is 1. The molecular weight excluding hydrogens is 434 g/mol. The number of aryl methyl sites for hydroxylation is 1. The zero-order valence-corrected chi connectivity index (χ0v) is 19.9. The molecule has 0 spiro atoms. The Morgan fingerprint density at radius 1 is 1.10 bits per heavy atom. The van der Waals surface area contributed by atoms with E-state index in [1.54, 1.807) is 24.1 Å². The number of benzene rings is 2. The lowest BCUT2D eigenvalue weighted by atomic mass is 10.2. The van der Waals surface area contributed by atoms with E-state index in [4.69, 9.17) is 26.1 Å². The molecule has 0 atom stereocenters. The minimum Gasteiger partial charge on any atom is -0.494 e. The lowest BCUT2D eigenvalue weighted by molar-refractivity contribution is -0.120. The van der Waals surface area contributed by atoms with Crippen LogP contribution >= 0.6 is 22.9 Å². The fourth-order valence-electron chi connectivity index (χ4n) is 3.27. The van der Waals surface area contributed by atoms with Gasteiger partial charge in [-0.15, -0.1) is 0 Å². The van der Waals surface area contributed by atoms with E-state index in [1.165, 1.54) is 11.3 Å². The Balaban J connectivity index is 1.88. The van der Waals surface area contributed by atoms with Crippen molar-refractivity contribution in [3.8, 4) is 11.5 Å². The first-order chi connectivity index (χ1) is 15.0. The average molecular weight is 462 g/mol. The Bertz CT molecular complexity index is 1040. The third-order valence-electron chi connectivity index (χ3n) is 5.18. The van der Waals surface area contributed by atoms with Gasteiger partial charge >= 0.3 is 0 Å². The largest absolute Gasteiger partial charge is 0.494 e. The van der Waals surface area contributed by atoms with E-state index in [9.17, 15) is 4.79 Å². The van der Waals surface area contributed by atoms with Crippen LogP contribution in [-0.4, -0.2) is 55.7 Å². The molecule has 2 aromatic carbocycles. The van der Waals surface area contributed by atoms with Crippen molar-refractivity contribution in [1.29, 1.82) is 0 Å². The molecule has 0 fully saturated rings. The maximum Gasteiger partial charge on any atom is 0.266 e. The number of fused-ring (bicyclic) bond motifs is 1. The number of para-hydroxylation sites is 1. The van der Waals surface area contributed by atoms with Crippen LogP contribution in [0.25, 0.3) is 10.2 Å². The average Bonchev–Trinajstić information content (AvgIpc) is 3.22. The SMILES string of the molecule is CCN(CC)CCN(C(=O)COc1ccccc1C)c1nc2c(OC)ccc(Cl)c2s1. The highest BCUT2D eigenvalue weighted by atomic mass is 35.5. The van der Waals surface area contributed by atoms with Crippen LogP contribution < -0.4 is 14.4 Å². The molecule has 6 nitrogen and oxygen atoms in total. The lowest BCUT2D eigenvalue weighted by Crippen LogP contribution is -2.41. The summed E-state index contributed by atoms with van der Waals surface area (Å²) >= 11 is 7.78. The van der Waals surface area contributed by atoms with E-state index in [0.717, 1.165) is 29.9 Å². The van der Waals surface area contributed by atoms with Gasteiger partial charge in [0.15, 0.2) is 11.7 Å². The Morgan fingerprint density at radius 3 is 2.52 bits per heavy atom. The first-order valence-corrected chi connectivity index (χ1v) is 11.5. The maximum absolute atomic E-state index is 13.2. The van der Waals surface area contributed by atoms with Crippen LogP contribution in [0, 0.1) is 6.92 Å². The molecule has 31 heavy (non-hydrogen) atoms. The Labute approximate surface area is 192 Å². The van der Waals surface area contributed by atoms with Gasteiger partial charge in [0, 0.05) is 13.1 Å². The summed E-state index contributed by atoms with van der Waals surface area (Å²) in [5.41, 5.74) is 1.65. The van der Waals surface area contributed by atoms with Gasteiger partial charge in [0.2, 0.25) is 0 Å². The summed E-state index contributed by atoms with van der Waals surface area (Å²) in [7, 11) is 1.60. The topological polar surface area (TPSA) is 54.9 Å². The summed E-state index contributed by atoms with van der Waals surface area (Å²) in [6.07, 6.45) is 0. The van der Waals surface area contributed by atoms with Crippen molar-refractivity contribution in [3.63, 3.8) is 0 Å². The van der Waals surface area contributed by atoms with Crippen LogP contribution in [-0.2, 0) is 4.79 Å². The van der Waals surface area contributed by atoms with Crippen molar-refractivity contribution in [2.45, 2.75) is 20.8 Å². The van der Waals surface area contributed by atoms with E-state index < -0.39 is 0 Å². The number of likely N-dealkylation sites (N-methyl/N-ethyl adjacent to an activating group) is 1. The quantitative estimate of drug-likeness (QED) is 0.424. The summed E-state index contributed by atoms with van der Waals surface area (Å²) < 4.78 is 12.1. The summed E-state index contributed by atoms with van der Waals surface area (Å²) in [4.78, 5) is 21.9. The monoisotopic (exact) mass is 461 g/mol. The number of methoxy groups -OCH3 is 1. The Morgan fingerprint density at radius 2 is 1.84 bits per heavy atom. The molecule has 3 aromatic rings. The third kappa shape index (κ3) is 5.47. The molecular formula is C23H28ClN3O3S. The van der Waals surface area contributed by atoms with Gasteiger partial charge in [0.1, 0.15) is 17.0 Å². The number of nitrogens with zero attached hydrogens (tertiary/aromatic N) is 3.